The number of halogens is 2. The van der Waals surface area contributed by atoms with E-state index in [1.165, 1.54) is 0 Å². The van der Waals surface area contributed by atoms with Gasteiger partial charge in [0.2, 0.25) is 0 Å². The highest BCUT2D eigenvalue weighted by Gasteiger charge is 2.11. The summed E-state index contributed by atoms with van der Waals surface area (Å²) >= 11 is 11.7. The lowest BCUT2D eigenvalue weighted by atomic mass is 10.1. The molecule has 25 heavy (non-hydrogen) atoms. The minimum atomic E-state index is -0.536. The predicted molar refractivity (Wildman–Crippen MR) is 97.4 cm³/mol. The maximum absolute atomic E-state index is 11.9. The third-order valence-corrected chi connectivity index (χ3v) is 3.90. The second-order valence-electron chi connectivity index (χ2n) is 5.06. The van der Waals surface area contributed by atoms with Crippen molar-refractivity contribution in [2.24, 2.45) is 0 Å². The average Bonchev–Trinajstić information content (AvgIpc) is 2.58. The zero-order chi connectivity index (χ0) is 18.2. The molecule has 0 saturated heterocycles. The molecule has 0 aromatic heterocycles. The van der Waals surface area contributed by atoms with E-state index in [2.05, 4.69) is 5.32 Å². The van der Waals surface area contributed by atoms with Crippen LogP contribution in [0, 0.1) is 0 Å². The molecule has 0 aliphatic heterocycles. The van der Waals surface area contributed by atoms with Crippen molar-refractivity contribution in [2.75, 3.05) is 18.5 Å². The normalized spacial score (nSPS) is 10.2. The van der Waals surface area contributed by atoms with E-state index in [9.17, 15) is 9.59 Å². The lowest BCUT2D eigenvalue weighted by Gasteiger charge is -2.11. The van der Waals surface area contributed by atoms with Crippen LogP contribution in [0.15, 0.2) is 42.5 Å². The molecule has 0 aliphatic carbocycles. The van der Waals surface area contributed by atoms with Crippen LogP contribution in [0.1, 0.15) is 12.5 Å². The summed E-state index contributed by atoms with van der Waals surface area (Å²) in [5.74, 6) is -0.429. The fourth-order valence-corrected chi connectivity index (χ4v) is 2.37. The van der Waals surface area contributed by atoms with E-state index in [0.717, 1.165) is 0 Å². The molecule has 0 spiro atoms. The van der Waals surface area contributed by atoms with Gasteiger partial charge in [-0.2, -0.15) is 0 Å². The Morgan fingerprint density at radius 3 is 2.56 bits per heavy atom. The highest BCUT2D eigenvalue weighted by Crippen LogP contribution is 2.24. The van der Waals surface area contributed by atoms with E-state index < -0.39 is 11.9 Å². The second-order valence-corrected chi connectivity index (χ2v) is 5.88. The summed E-state index contributed by atoms with van der Waals surface area (Å²) < 4.78 is 10.4. The number of esters is 1. The van der Waals surface area contributed by atoms with Crippen LogP contribution in [-0.4, -0.2) is 25.1 Å². The first kappa shape index (κ1) is 19.1. The summed E-state index contributed by atoms with van der Waals surface area (Å²) in [5, 5.41) is 3.42. The number of benzene rings is 2. The number of hydrogen-bond donors (Lipinski definition) is 1. The van der Waals surface area contributed by atoms with Crippen LogP contribution in [0.25, 0.3) is 0 Å². The van der Waals surface area contributed by atoms with Crippen molar-refractivity contribution in [3.05, 3.63) is 58.1 Å². The predicted octanol–water partition coefficient (Wildman–Crippen LogP) is 4.12. The summed E-state index contributed by atoms with van der Waals surface area (Å²) in [6, 6.07) is 11.9. The van der Waals surface area contributed by atoms with Crippen molar-refractivity contribution in [3.8, 4) is 5.75 Å². The fraction of sp³-hybridized carbons (Fsp3) is 0.222. The van der Waals surface area contributed by atoms with Gasteiger partial charge < -0.3 is 14.8 Å². The van der Waals surface area contributed by atoms with Gasteiger partial charge in [-0.05, 0) is 36.8 Å². The molecular weight excluding hydrogens is 365 g/mol. The Morgan fingerprint density at radius 2 is 1.84 bits per heavy atom. The molecule has 5 nitrogen and oxygen atoms in total. The van der Waals surface area contributed by atoms with Gasteiger partial charge in [0.25, 0.3) is 5.91 Å². The Kier molecular flexibility index (Phi) is 7.10. The molecule has 7 heteroatoms. The molecule has 0 heterocycles. The van der Waals surface area contributed by atoms with Crippen molar-refractivity contribution >= 4 is 40.8 Å². The van der Waals surface area contributed by atoms with E-state index in [-0.39, 0.29) is 13.0 Å². The lowest BCUT2D eigenvalue weighted by molar-refractivity contribution is -0.146. The summed E-state index contributed by atoms with van der Waals surface area (Å²) in [5.41, 5.74) is 1.18. The zero-order valence-electron chi connectivity index (χ0n) is 13.6. The minimum Gasteiger partial charge on any atom is -0.492 e. The van der Waals surface area contributed by atoms with Crippen molar-refractivity contribution in [1.82, 2.24) is 0 Å². The number of carbonyl (C=O) groups is 2. The summed E-state index contributed by atoms with van der Waals surface area (Å²) in [6.45, 7) is 1.94. The molecule has 0 atom stereocenters. The van der Waals surface area contributed by atoms with Gasteiger partial charge in [-0.25, -0.2) is 0 Å². The van der Waals surface area contributed by atoms with Gasteiger partial charge in [-0.15, -0.1) is 0 Å². The number of rotatable bonds is 7. The molecule has 0 unspecified atom stereocenters. The third-order valence-electron chi connectivity index (χ3n) is 3.16. The molecule has 0 bridgehead atoms. The molecular formula is C18H17Cl2NO4. The van der Waals surface area contributed by atoms with Crippen LogP contribution in [0.5, 0.6) is 5.75 Å². The number of ether oxygens (including phenoxy) is 2. The first-order valence-electron chi connectivity index (χ1n) is 7.60. The summed E-state index contributed by atoms with van der Waals surface area (Å²) in [7, 11) is 0. The smallest absolute Gasteiger partial charge is 0.310 e. The third kappa shape index (κ3) is 5.96. The van der Waals surface area contributed by atoms with Crippen LogP contribution in [-0.2, 0) is 20.7 Å². The average molecular weight is 382 g/mol. The van der Waals surface area contributed by atoms with Gasteiger partial charge in [-0.3, -0.25) is 9.59 Å². The van der Waals surface area contributed by atoms with Crippen molar-refractivity contribution in [3.63, 3.8) is 0 Å². The van der Waals surface area contributed by atoms with Crippen LogP contribution in [0.3, 0.4) is 0 Å². The Labute approximate surface area is 155 Å². The minimum absolute atomic E-state index is 0.000296. The van der Waals surface area contributed by atoms with Crippen LogP contribution >= 0.6 is 23.2 Å². The SMILES string of the molecule is CCOc1ccccc1NC(=O)COC(=O)Cc1ccc(Cl)c(Cl)c1. The van der Waals surface area contributed by atoms with Crippen molar-refractivity contribution < 1.29 is 19.1 Å². The molecule has 2 aromatic carbocycles. The van der Waals surface area contributed by atoms with Gasteiger partial charge in [0.1, 0.15) is 5.75 Å². The van der Waals surface area contributed by atoms with E-state index in [0.29, 0.717) is 33.7 Å². The molecule has 2 aromatic rings. The van der Waals surface area contributed by atoms with Gasteiger partial charge in [0.05, 0.1) is 28.8 Å². The quantitative estimate of drug-likeness (QED) is 0.732. The van der Waals surface area contributed by atoms with E-state index in [1.54, 1.807) is 42.5 Å². The molecule has 132 valence electrons. The second kappa shape index (κ2) is 9.30. The van der Waals surface area contributed by atoms with Crippen LogP contribution < -0.4 is 10.1 Å². The molecule has 1 N–H and O–H groups in total. The van der Waals surface area contributed by atoms with Gasteiger partial charge in [0.15, 0.2) is 6.61 Å². The Morgan fingerprint density at radius 1 is 1.08 bits per heavy atom. The summed E-state index contributed by atoms with van der Waals surface area (Å²) in [4.78, 5) is 23.8. The number of carbonyl (C=O) groups excluding carboxylic acids is 2. The number of para-hydroxylation sites is 2. The van der Waals surface area contributed by atoms with Crippen molar-refractivity contribution in [1.29, 1.82) is 0 Å². The standard InChI is InChI=1S/C18H17Cl2NO4/c1-2-24-16-6-4-3-5-15(16)21-17(22)11-25-18(23)10-12-7-8-13(19)14(20)9-12/h3-9H,2,10-11H2,1H3,(H,21,22). The van der Waals surface area contributed by atoms with Gasteiger partial charge in [-0.1, -0.05) is 41.4 Å². The maximum atomic E-state index is 11.9. The molecule has 0 saturated carbocycles. The van der Waals surface area contributed by atoms with Gasteiger partial charge >= 0.3 is 5.97 Å². The first-order chi connectivity index (χ1) is 12.0. The molecule has 1 amide bonds. The van der Waals surface area contributed by atoms with E-state index >= 15 is 0 Å². The molecule has 0 radical (unpaired) electrons. The molecule has 0 fully saturated rings. The number of hydrogen-bond acceptors (Lipinski definition) is 4. The summed E-state index contributed by atoms with van der Waals surface area (Å²) in [6.07, 6.45) is -0.000296. The molecule has 0 aliphatic rings. The van der Waals surface area contributed by atoms with Crippen LogP contribution in [0.2, 0.25) is 10.0 Å². The number of amides is 1. The fourth-order valence-electron chi connectivity index (χ4n) is 2.05. The lowest BCUT2D eigenvalue weighted by Crippen LogP contribution is -2.22. The maximum Gasteiger partial charge on any atom is 0.310 e. The van der Waals surface area contributed by atoms with E-state index in [1.807, 2.05) is 6.92 Å². The number of anilines is 1. The van der Waals surface area contributed by atoms with E-state index in [4.69, 9.17) is 32.7 Å². The Balaban J connectivity index is 1.85. The zero-order valence-corrected chi connectivity index (χ0v) is 15.1. The Bertz CT molecular complexity index is 764. The Hall–Kier alpha value is -2.24. The monoisotopic (exact) mass is 381 g/mol. The van der Waals surface area contributed by atoms with Crippen molar-refractivity contribution in [2.45, 2.75) is 13.3 Å². The largest absolute Gasteiger partial charge is 0.492 e. The highest BCUT2D eigenvalue weighted by molar-refractivity contribution is 6.42. The van der Waals surface area contributed by atoms with Gasteiger partial charge in [0, 0.05) is 0 Å². The highest BCUT2D eigenvalue weighted by atomic mass is 35.5. The topological polar surface area (TPSA) is 64.6 Å². The first-order valence-corrected chi connectivity index (χ1v) is 8.36. The van der Waals surface area contributed by atoms with Crippen LogP contribution in [0.4, 0.5) is 5.69 Å². The number of nitrogens with one attached hydrogen (secondary N) is 1. The molecule has 2 rings (SSSR count).